The molecule has 1 atom stereocenters. The van der Waals surface area contributed by atoms with Crippen LogP contribution in [0.25, 0.3) is 20.7 Å². The summed E-state index contributed by atoms with van der Waals surface area (Å²) in [5, 5.41) is 5.07. The molecule has 3 aromatic heterocycles. The summed E-state index contributed by atoms with van der Waals surface area (Å²) in [5.74, 6) is -0.253. The van der Waals surface area contributed by atoms with E-state index in [0.29, 0.717) is 15.4 Å². The molecule has 4 aromatic rings. The van der Waals surface area contributed by atoms with Crippen LogP contribution in [0.3, 0.4) is 0 Å². The Morgan fingerprint density at radius 3 is 2.68 bits per heavy atom. The summed E-state index contributed by atoms with van der Waals surface area (Å²) in [4.78, 5) is 33.7. The summed E-state index contributed by atoms with van der Waals surface area (Å²) in [5.41, 5.74) is 1.65. The lowest BCUT2D eigenvalue weighted by Crippen LogP contribution is -2.31. The molecule has 0 spiro atoms. The van der Waals surface area contributed by atoms with Gasteiger partial charge in [0.25, 0.3) is 5.56 Å². The summed E-state index contributed by atoms with van der Waals surface area (Å²) in [6, 6.07) is 9.89. The van der Waals surface area contributed by atoms with Crippen molar-refractivity contribution < 1.29 is 9.18 Å². The van der Waals surface area contributed by atoms with E-state index in [-0.39, 0.29) is 29.1 Å². The van der Waals surface area contributed by atoms with E-state index < -0.39 is 0 Å². The van der Waals surface area contributed by atoms with Gasteiger partial charge in [0.05, 0.1) is 17.2 Å². The Morgan fingerprint density at radius 1 is 1.26 bits per heavy atom. The molecule has 0 saturated heterocycles. The van der Waals surface area contributed by atoms with Crippen molar-refractivity contribution >= 4 is 50.6 Å². The van der Waals surface area contributed by atoms with Gasteiger partial charge in [-0.1, -0.05) is 30.0 Å². The van der Waals surface area contributed by atoms with Crippen molar-refractivity contribution in [3.63, 3.8) is 0 Å². The maximum atomic E-state index is 13.2. The van der Waals surface area contributed by atoms with Crippen LogP contribution in [-0.4, -0.2) is 33.2 Å². The molecule has 0 N–H and O–H groups in total. The summed E-state index contributed by atoms with van der Waals surface area (Å²) < 4.78 is 14.7. The Kier molecular flexibility index (Phi) is 6.27. The molecule has 31 heavy (non-hydrogen) atoms. The molecule has 0 aliphatic heterocycles. The fourth-order valence-electron chi connectivity index (χ4n) is 3.20. The third-order valence-electron chi connectivity index (χ3n) is 5.21. The van der Waals surface area contributed by atoms with Gasteiger partial charge in [-0.25, -0.2) is 9.37 Å². The van der Waals surface area contributed by atoms with Gasteiger partial charge in [-0.2, -0.15) is 0 Å². The van der Waals surface area contributed by atoms with Crippen LogP contribution < -0.4 is 5.56 Å². The summed E-state index contributed by atoms with van der Waals surface area (Å²) >= 11 is 4.27. The molecule has 0 aliphatic carbocycles. The number of thioether (sulfide) groups is 1. The zero-order chi connectivity index (χ0) is 22.1. The van der Waals surface area contributed by atoms with Gasteiger partial charge in [0.15, 0.2) is 5.16 Å². The van der Waals surface area contributed by atoms with Gasteiger partial charge >= 0.3 is 0 Å². The van der Waals surface area contributed by atoms with E-state index in [1.807, 2.05) is 29.8 Å². The molecule has 0 fully saturated rings. The first-order chi connectivity index (χ1) is 14.9. The van der Waals surface area contributed by atoms with Gasteiger partial charge in [0, 0.05) is 29.9 Å². The lowest BCUT2D eigenvalue weighted by molar-refractivity contribution is -0.128. The van der Waals surface area contributed by atoms with Crippen molar-refractivity contribution in [2.45, 2.75) is 18.1 Å². The topological polar surface area (TPSA) is 55.2 Å². The van der Waals surface area contributed by atoms with Crippen molar-refractivity contribution in [3.05, 3.63) is 68.9 Å². The first-order valence-corrected chi connectivity index (χ1v) is 12.3. The van der Waals surface area contributed by atoms with E-state index in [2.05, 4.69) is 4.98 Å². The van der Waals surface area contributed by atoms with Crippen LogP contribution in [0.15, 0.2) is 57.1 Å². The first-order valence-electron chi connectivity index (χ1n) is 9.53. The van der Waals surface area contributed by atoms with Crippen LogP contribution in [-0.2, 0) is 11.8 Å². The number of amides is 1. The maximum Gasteiger partial charge on any atom is 0.263 e. The molecule has 9 heteroatoms. The second-order valence-corrected chi connectivity index (χ2v) is 9.83. The summed E-state index contributed by atoms with van der Waals surface area (Å²) in [7, 11) is 3.40. The predicted octanol–water partition coefficient (Wildman–Crippen LogP) is 5.17. The van der Waals surface area contributed by atoms with Gasteiger partial charge < -0.3 is 4.90 Å². The number of rotatable bonds is 6. The van der Waals surface area contributed by atoms with Gasteiger partial charge in [-0.15, -0.1) is 22.7 Å². The number of thiophene rings is 2. The molecule has 3 heterocycles. The van der Waals surface area contributed by atoms with Crippen molar-refractivity contribution in [2.75, 3.05) is 12.8 Å². The quantitative estimate of drug-likeness (QED) is 0.286. The second kappa shape index (κ2) is 8.94. The third kappa shape index (κ3) is 4.30. The highest BCUT2D eigenvalue weighted by atomic mass is 32.2. The van der Waals surface area contributed by atoms with Crippen molar-refractivity contribution in [3.8, 4) is 10.4 Å². The van der Waals surface area contributed by atoms with E-state index in [1.54, 1.807) is 42.5 Å². The van der Waals surface area contributed by atoms with E-state index >= 15 is 0 Å². The van der Waals surface area contributed by atoms with Crippen LogP contribution in [0.1, 0.15) is 18.5 Å². The molecular weight excluding hydrogens is 453 g/mol. The number of hydrogen-bond acceptors (Lipinski definition) is 6. The van der Waals surface area contributed by atoms with Crippen LogP contribution >= 0.6 is 34.4 Å². The zero-order valence-corrected chi connectivity index (χ0v) is 19.6. The maximum absolute atomic E-state index is 13.2. The Labute approximate surface area is 191 Å². The Bertz CT molecular complexity index is 1280. The third-order valence-corrected chi connectivity index (χ3v) is 8.00. The monoisotopic (exact) mass is 473 g/mol. The number of carbonyl (C=O) groups excluding carboxylic acids is 1. The fourth-order valence-corrected chi connectivity index (χ4v) is 5.90. The second-order valence-electron chi connectivity index (χ2n) is 7.09. The minimum Gasteiger partial charge on any atom is -0.338 e. The normalized spacial score (nSPS) is 12.3. The van der Waals surface area contributed by atoms with Crippen molar-refractivity contribution in [1.29, 1.82) is 0 Å². The highest BCUT2D eigenvalue weighted by molar-refractivity contribution is 7.99. The number of carbonyl (C=O) groups is 1. The largest absolute Gasteiger partial charge is 0.338 e. The summed E-state index contributed by atoms with van der Waals surface area (Å²) in [6.07, 6.45) is 0. The smallest absolute Gasteiger partial charge is 0.263 e. The minimum atomic E-state index is -0.307. The zero-order valence-electron chi connectivity index (χ0n) is 17.2. The van der Waals surface area contributed by atoms with Gasteiger partial charge in [-0.05, 0) is 36.1 Å². The van der Waals surface area contributed by atoms with E-state index in [9.17, 15) is 14.0 Å². The predicted molar refractivity (Wildman–Crippen MR) is 126 cm³/mol. The average molecular weight is 474 g/mol. The highest BCUT2D eigenvalue weighted by Gasteiger charge is 2.20. The molecule has 0 radical (unpaired) electrons. The molecule has 4 rings (SSSR count). The Hall–Kier alpha value is -2.49. The number of hydrogen-bond donors (Lipinski definition) is 0. The van der Waals surface area contributed by atoms with Crippen LogP contribution in [0, 0.1) is 5.82 Å². The molecule has 1 unspecified atom stereocenters. The molecule has 1 amide bonds. The van der Waals surface area contributed by atoms with E-state index in [0.717, 1.165) is 16.0 Å². The van der Waals surface area contributed by atoms with Crippen LogP contribution in [0.4, 0.5) is 4.39 Å². The lowest BCUT2D eigenvalue weighted by atomic mass is 10.1. The lowest BCUT2D eigenvalue weighted by Gasteiger charge is -2.25. The fraction of sp³-hybridized carbons (Fsp3) is 0.227. The number of fused-ring (bicyclic) bond motifs is 1. The van der Waals surface area contributed by atoms with Gasteiger partial charge in [0.2, 0.25) is 5.91 Å². The number of nitrogens with zero attached hydrogens (tertiary/aromatic N) is 3. The molecule has 0 saturated carbocycles. The van der Waals surface area contributed by atoms with Gasteiger partial charge in [0.1, 0.15) is 10.6 Å². The number of halogens is 1. The first kappa shape index (κ1) is 21.7. The molecule has 0 aliphatic rings. The molecule has 1 aromatic carbocycles. The average Bonchev–Trinajstić information content (AvgIpc) is 3.44. The SMILES string of the molecule is CC(c1ccc(F)cc1)N(C)C(=O)CSc1nc2scc(-c3cccs3)c2c(=O)n1C. The Balaban J connectivity index is 1.52. The van der Waals surface area contributed by atoms with Crippen molar-refractivity contribution in [1.82, 2.24) is 14.5 Å². The minimum absolute atomic E-state index is 0.0957. The standard InChI is InChI=1S/C22H20FN3O2S3/c1-13(14-6-8-15(23)9-7-14)25(2)18(27)12-31-22-24-20-19(21(28)26(22)3)16(11-30-20)17-5-4-10-29-17/h4-11,13H,12H2,1-3H3. The molecule has 160 valence electrons. The molecule has 5 nitrogen and oxygen atoms in total. The molecule has 0 bridgehead atoms. The van der Waals surface area contributed by atoms with Gasteiger partial charge in [-0.3, -0.25) is 14.2 Å². The van der Waals surface area contributed by atoms with Crippen LogP contribution in [0.5, 0.6) is 0 Å². The molecular formula is C22H20FN3O2S3. The number of benzene rings is 1. The van der Waals surface area contributed by atoms with E-state index in [4.69, 9.17) is 0 Å². The Morgan fingerprint density at radius 2 is 2.00 bits per heavy atom. The summed E-state index contributed by atoms with van der Waals surface area (Å²) in [6.45, 7) is 1.90. The number of aromatic nitrogens is 2. The van der Waals surface area contributed by atoms with Crippen LogP contribution in [0.2, 0.25) is 0 Å². The van der Waals surface area contributed by atoms with E-state index in [1.165, 1.54) is 39.8 Å². The van der Waals surface area contributed by atoms with Crippen molar-refractivity contribution in [2.24, 2.45) is 7.05 Å². The highest BCUT2D eigenvalue weighted by Crippen LogP contribution is 2.34.